The topological polar surface area (TPSA) is 3.24 Å². The number of halogens is 1. The van der Waals surface area contributed by atoms with E-state index in [0.717, 1.165) is 5.92 Å². The van der Waals surface area contributed by atoms with E-state index in [9.17, 15) is 0 Å². The average molecular weight is 282 g/mol. The van der Waals surface area contributed by atoms with E-state index in [0.29, 0.717) is 11.5 Å². The summed E-state index contributed by atoms with van der Waals surface area (Å²) in [6, 6.07) is 11.8. The van der Waals surface area contributed by atoms with Gasteiger partial charge in [0, 0.05) is 11.5 Å². The maximum atomic E-state index is 2.45. The highest BCUT2D eigenvalue weighted by Gasteiger charge is 2.46. The zero-order valence-corrected chi connectivity index (χ0v) is 13.5. The fourth-order valence-corrected chi connectivity index (χ4v) is 3.52. The summed E-state index contributed by atoms with van der Waals surface area (Å²) in [5, 5.41) is 0. The van der Waals surface area contributed by atoms with Crippen molar-refractivity contribution in [2.24, 2.45) is 5.92 Å². The minimum absolute atomic E-state index is 0. The van der Waals surface area contributed by atoms with E-state index in [1.54, 1.807) is 5.56 Å². The molecule has 0 saturated heterocycles. The van der Waals surface area contributed by atoms with Gasteiger partial charge in [-0.3, -0.25) is 0 Å². The lowest BCUT2D eigenvalue weighted by molar-refractivity contribution is 0.0808. The Morgan fingerprint density at radius 1 is 1.11 bits per heavy atom. The summed E-state index contributed by atoms with van der Waals surface area (Å²) < 4.78 is 0. The van der Waals surface area contributed by atoms with Gasteiger partial charge in [-0.2, -0.15) is 0 Å². The Morgan fingerprint density at radius 3 is 2.05 bits per heavy atom. The van der Waals surface area contributed by atoms with Crippen LogP contribution < -0.4 is 0 Å². The third-order valence-electron chi connectivity index (χ3n) is 4.55. The second-order valence-electron chi connectivity index (χ2n) is 6.48. The van der Waals surface area contributed by atoms with E-state index < -0.39 is 0 Å². The lowest BCUT2D eigenvalue weighted by atomic mass is 9.58. The largest absolute Gasteiger partial charge is 0.306 e. The average Bonchev–Trinajstić information content (AvgIpc) is 2.27. The van der Waals surface area contributed by atoms with Gasteiger partial charge >= 0.3 is 0 Å². The van der Waals surface area contributed by atoms with Crippen molar-refractivity contribution in [2.45, 2.75) is 51.0 Å². The van der Waals surface area contributed by atoms with Gasteiger partial charge in [-0.15, -0.1) is 12.4 Å². The van der Waals surface area contributed by atoms with Gasteiger partial charge in [-0.05, 0) is 44.8 Å². The molecule has 1 aliphatic carbocycles. The van der Waals surface area contributed by atoms with Gasteiger partial charge in [0.2, 0.25) is 0 Å². The van der Waals surface area contributed by atoms with Crippen LogP contribution in [0.3, 0.4) is 0 Å². The summed E-state index contributed by atoms with van der Waals surface area (Å²) in [6.07, 6.45) is 5.39. The lowest BCUT2D eigenvalue weighted by Crippen LogP contribution is -2.52. The summed E-state index contributed by atoms with van der Waals surface area (Å²) in [4.78, 5) is 2.45. The van der Waals surface area contributed by atoms with Crippen LogP contribution in [0.2, 0.25) is 0 Å². The molecule has 1 atom stereocenters. The van der Waals surface area contributed by atoms with Crippen molar-refractivity contribution in [3.8, 4) is 0 Å². The number of rotatable bonds is 5. The molecule has 19 heavy (non-hydrogen) atoms. The Hall–Kier alpha value is -0.530. The minimum Gasteiger partial charge on any atom is -0.306 e. The molecule has 1 fully saturated rings. The molecular weight excluding hydrogens is 254 g/mol. The van der Waals surface area contributed by atoms with Gasteiger partial charge in [0.15, 0.2) is 0 Å². The molecule has 0 spiro atoms. The predicted octanol–water partition coefficient (Wildman–Crippen LogP) is 4.51. The van der Waals surface area contributed by atoms with Gasteiger partial charge in [-0.25, -0.2) is 0 Å². The minimum atomic E-state index is 0. The maximum absolute atomic E-state index is 2.45. The Labute approximate surface area is 124 Å². The summed E-state index contributed by atoms with van der Waals surface area (Å²) in [5.41, 5.74) is 1.96. The second kappa shape index (κ2) is 6.76. The zero-order valence-electron chi connectivity index (χ0n) is 12.7. The molecule has 2 heteroatoms. The predicted molar refractivity (Wildman–Crippen MR) is 86.1 cm³/mol. The monoisotopic (exact) mass is 281 g/mol. The smallest absolute Gasteiger partial charge is 0.0188 e. The molecule has 2 rings (SSSR count). The number of hydrogen-bond acceptors (Lipinski definition) is 1. The van der Waals surface area contributed by atoms with E-state index in [1.165, 1.54) is 25.7 Å². The highest BCUT2D eigenvalue weighted by molar-refractivity contribution is 5.85. The normalized spacial score (nSPS) is 18.8. The molecule has 108 valence electrons. The fraction of sp³-hybridized carbons (Fsp3) is 0.647. The van der Waals surface area contributed by atoms with Gasteiger partial charge in [0.25, 0.3) is 0 Å². The van der Waals surface area contributed by atoms with Crippen LogP contribution in [0.4, 0.5) is 0 Å². The van der Waals surface area contributed by atoms with Crippen LogP contribution in [0.15, 0.2) is 30.3 Å². The Morgan fingerprint density at radius 2 is 1.68 bits per heavy atom. The quantitative estimate of drug-likeness (QED) is 0.768. The van der Waals surface area contributed by atoms with Crippen LogP contribution in [0.25, 0.3) is 0 Å². The van der Waals surface area contributed by atoms with Gasteiger partial charge in [0.05, 0.1) is 0 Å². The van der Waals surface area contributed by atoms with E-state index in [1.807, 2.05) is 0 Å². The molecule has 1 saturated carbocycles. The number of likely N-dealkylation sites (N-methyl/N-ethyl adjacent to an activating group) is 1. The summed E-state index contributed by atoms with van der Waals surface area (Å²) in [5.74, 6) is 0.763. The molecule has 0 aromatic heterocycles. The standard InChI is InChI=1S/C17H27N.ClH/c1-14(2)13-16(18(3)4)17(11-8-12-17)15-9-6-5-7-10-15;/h5-7,9-10,14,16H,8,11-13H2,1-4H3;1H. The van der Waals surface area contributed by atoms with Gasteiger partial charge in [-0.1, -0.05) is 50.6 Å². The zero-order chi connectivity index (χ0) is 13.2. The van der Waals surface area contributed by atoms with Crippen molar-refractivity contribution < 1.29 is 0 Å². The second-order valence-corrected chi connectivity index (χ2v) is 6.48. The number of nitrogens with zero attached hydrogens (tertiary/aromatic N) is 1. The van der Waals surface area contributed by atoms with E-state index in [4.69, 9.17) is 0 Å². The molecule has 1 unspecified atom stereocenters. The summed E-state index contributed by atoms with van der Waals surface area (Å²) in [7, 11) is 4.49. The molecule has 1 nitrogen and oxygen atoms in total. The first-order valence-electron chi connectivity index (χ1n) is 7.28. The first kappa shape index (κ1) is 16.5. The summed E-state index contributed by atoms with van der Waals surface area (Å²) in [6.45, 7) is 4.68. The van der Waals surface area contributed by atoms with Crippen molar-refractivity contribution in [1.82, 2.24) is 4.90 Å². The molecule has 0 heterocycles. The van der Waals surface area contributed by atoms with Crippen molar-refractivity contribution in [2.75, 3.05) is 14.1 Å². The van der Waals surface area contributed by atoms with Gasteiger partial charge < -0.3 is 4.90 Å². The SMILES string of the molecule is CC(C)CC(N(C)C)C1(c2ccccc2)CCC1.Cl. The fourth-order valence-electron chi connectivity index (χ4n) is 3.52. The molecule has 1 aliphatic rings. The molecular formula is C17H28ClN. The van der Waals surface area contributed by atoms with E-state index >= 15 is 0 Å². The lowest BCUT2D eigenvalue weighted by Gasteiger charge is -2.51. The van der Waals surface area contributed by atoms with Crippen molar-refractivity contribution in [3.05, 3.63) is 35.9 Å². The first-order chi connectivity index (χ1) is 8.56. The van der Waals surface area contributed by atoms with Crippen LogP contribution in [-0.2, 0) is 5.41 Å². The van der Waals surface area contributed by atoms with Crippen LogP contribution in [0, 0.1) is 5.92 Å². The Bertz CT molecular complexity index is 368. The Kier molecular flexibility index (Phi) is 5.88. The van der Waals surface area contributed by atoms with E-state index in [-0.39, 0.29) is 12.4 Å². The highest BCUT2D eigenvalue weighted by Crippen LogP contribution is 2.49. The molecule has 0 amide bonds. The molecule has 1 aromatic carbocycles. The number of hydrogen-bond donors (Lipinski definition) is 0. The summed E-state index contributed by atoms with van der Waals surface area (Å²) >= 11 is 0. The Balaban J connectivity index is 0.00000180. The van der Waals surface area contributed by atoms with Crippen molar-refractivity contribution in [3.63, 3.8) is 0 Å². The maximum Gasteiger partial charge on any atom is 0.0188 e. The van der Waals surface area contributed by atoms with Crippen LogP contribution in [0.1, 0.15) is 45.1 Å². The highest BCUT2D eigenvalue weighted by atomic mass is 35.5. The van der Waals surface area contributed by atoms with Crippen LogP contribution in [-0.4, -0.2) is 25.0 Å². The molecule has 0 N–H and O–H groups in total. The van der Waals surface area contributed by atoms with Crippen LogP contribution in [0.5, 0.6) is 0 Å². The van der Waals surface area contributed by atoms with Gasteiger partial charge in [0.1, 0.15) is 0 Å². The molecule has 0 aliphatic heterocycles. The van der Waals surface area contributed by atoms with Crippen LogP contribution >= 0.6 is 12.4 Å². The third-order valence-corrected chi connectivity index (χ3v) is 4.55. The number of benzene rings is 1. The molecule has 0 bridgehead atoms. The van der Waals surface area contributed by atoms with Crippen molar-refractivity contribution in [1.29, 1.82) is 0 Å². The molecule has 0 radical (unpaired) electrons. The third kappa shape index (κ3) is 3.32. The first-order valence-corrected chi connectivity index (χ1v) is 7.28. The molecule has 1 aromatic rings. The van der Waals surface area contributed by atoms with E-state index in [2.05, 4.69) is 63.2 Å². The van der Waals surface area contributed by atoms with Crippen molar-refractivity contribution >= 4 is 12.4 Å².